The number of fused-ring (bicyclic) bond motifs is 1. The summed E-state index contributed by atoms with van der Waals surface area (Å²) < 4.78 is 5.57. The molecule has 2 heteroatoms. The van der Waals surface area contributed by atoms with E-state index in [0.717, 1.165) is 25.2 Å². The van der Waals surface area contributed by atoms with Gasteiger partial charge in [-0.25, -0.2) is 0 Å². The third kappa shape index (κ3) is 3.45. The first kappa shape index (κ1) is 14.2. The molecular weight excluding hydrogens is 258 g/mol. The standard InChI is InChI=1S/C19H23NO/c1-14(12-16-6-4-3-5-7-16)20-15(2)17-8-9-19-18(13-17)10-11-21-19/h3-9,13-15,20H,10-12H2,1-2H3. The van der Waals surface area contributed by atoms with Crippen LogP contribution in [0.5, 0.6) is 5.75 Å². The van der Waals surface area contributed by atoms with Gasteiger partial charge in [0.25, 0.3) is 0 Å². The highest BCUT2D eigenvalue weighted by atomic mass is 16.5. The average Bonchev–Trinajstić information content (AvgIpc) is 2.95. The van der Waals surface area contributed by atoms with E-state index in [2.05, 4.69) is 67.7 Å². The highest BCUT2D eigenvalue weighted by Crippen LogP contribution is 2.28. The zero-order chi connectivity index (χ0) is 14.7. The fourth-order valence-corrected chi connectivity index (χ4v) is 3.03. The second kappa shape index (κ2) is 6.31. The summed E-state index contributed by atoms with van der Waals surface area (Å²) in [4.78, 5) is 0. The molecule has 0 bridgehead atoms. The Balaban J connectivity index is 1.62. The molecule has 2 atom stereocenters. The molecule has 1 aliphatic heterocycles. The SMILES string of the molecule is CC(Cc1ccccc1)NC(C)c1ccc2c(c1)CCO2. The highest BCUT2D eigenvalue weighted by molar-refractivity contribution is 5.40. The molecule has 1 heterocycles. The lowest BCUT2D eigenvalue weighted by Crippen LogP contribution is -2.30. The summed E-state index contributed by atoms with van der Waals surface area (Å²) in [6, 6.07) is 18.0. The van der Waals surface area contributed by atoms with Gasteiger partial charge < -0.3 is 10.1 Å². The van der Waals surface area contributed by atoms with Crippen LogP contribution in [-0.2, 0) is 12.8 Å². The van der Waals surface area contributed by atoms with E-state index in [4.69, 9.17) is 4.74 Å². The lowest BCUT2D eigenvalue weighted by Gasteiger charge is -2.21. The van der Waals surface area contributed by atoms with Crippen LogP contribution in [0.2, 0.25) is 0 Å². The molecule has 1 N–H and O–H groups in total. The van der Waals surface area contributed by atoms with Crippen molar-refractivity contribution in [3.63, 3.8) is 0 Å². The van der Waals surface area contributed by atoms with Crippen LogP contribution in [0.4, 0.5) is 0 Å². The maximum atomic E-state index is 5.57. The van der Waals surface area contributed by atoms with Crippen molar-refractivity contribution in [1.82, 2.24) is 5.32 Å². The number of benzene rings is 2. The zero-order valence-corrected chi connectivity index (χ0v) is 12.8. The van der Waals surface area contributed by atoms with Crippen LogP contribution in [0, 0.1) is 0 Å². The average molecular weight is 281 g/mol. The minimum absolute atomic E-state index is 0.356. The Morgan fingerprint density at radius 2 is 1.90 bits per heavy atom. The first-order valence-electron chi connectivity index (χ1n) is 7.78. The highest BCUT2D eigenvalue weighted by Gasteiger charge is 2.15. The molecule has 2 nitrogen and oxygen atoms in total. The Morgan fingerprint density at radius 1 is 1.10 bits per heavy atom. The Bertz CT molecular complexity index is 594. The van der Waals surface area contributed by atoms with Crippen molar-refractivity contribution in [3.05, 3.63) is 65.2 Å². The van der Waals surface area contributed by atoms with Crippen LogP contribution in [0.15, 0.2) is 48.5 Å². The van der Waals surface area contributed by atoms with Crippen molar-refractivity contribution in [3.8, 4) is 5.75 Å². The minimum Gasteiger partial charge on any atom is -0.493 e. The van der Waals surface area contributed by atoms with Crippen LogP contribution in [-0.4, -0.2) is 12.6 Å². The second-order valence-electron chi connectivity index (χ2n) is 5.94. The van der Waals surface area contributed by atoms with Gasteiger partial charge in [0, 0.05) is 18.5 Å². The lowest BCUT2D eigenvalue weighted by molar-refractivity contribution is 0.356. The van der Waals surface area contributed by atoms with Crippen LogP contribution in [0.1, 0.15) is 36.6 Å². The van der Waals surface area contributed by atoms with Gasteiger partial charge in [0.2, 0.25) is 0 Å². The van der Waals surface area contributed by atoms with E-state index in [1.54, 1.807) is 0 Å². The molecule has 0 aromatic heterocycles. The summed E-state index contributed by atoms with van der Waals surface area (Å²) in [5.74, 6) is 1.06. The molecule has 0 spiro atoms. The van der Waals surface area contributed by atoms with E-state index >= 15 is 0 Å². The summed E-state index contributed by atoms with van der Waals surface area (Å²) in [6.07, 6.45) is 2.09. The fourth-order valence-electron chi connectivity index (χ4n) is 3.03. The molecule has 0 fully saturated rings. The van der Waals surface area contributed by atoms with E-state index < -0.39 is 0 Å². The maximum absolute atomic E-state index is 5.57. The Kier molecular flexibility index (Phi) is 4.26. The number of hydrogen-bond donors (Lipinski definition) is 1. The van der Waals surface area contributed by atoms with Gasteiger partial charge in [-0.05, 0) is 43.0 Å². The van der Waals surface area contributed by atoms with Crippen molar-refractivity contribution in [2.45, 2.75) is 38.8 Å². The quantitative estimate of drug-likeness (QED) is 0.897. The van der Waals surface area contributed by atoms with Crippen LogP contribution in [0.3, 0.4) is 0 Å². The summed E-state index contributed by atoms with van der Waals surface area (Å²) in [7, 11) is 0. The van der Waals surface area contributed by atoms with E-state index in [1.165, 1.54) is 16.7 Å². The lowest BCUT2D eigenvalue weighted by atomic mass is 10.0. The first-order valence-corrected chi connectivity index (χ1v) is 7.78. The molecule has 1 aliphatic rings. The van der Waals surface area contributed by atoms with Gasteiger partial charge in [0.15, 0.2) is 0 Å². The van der Waals surface area contributed by atoms with Gasteiger partial charge in [-0.1, -0.05) is 42.5 Å². The molecule has 0 amide bonds. The van der Waals surface area contributed by atoms with Gasteiger partial charge in [0.1, 0.15) is 5.75 Å². The smallest absolute Gasteiger partial charge is 0.122 e. The second-order valence-corrected chi connectivity index (χ2v) is 5.94. The van der Waals surface area contributed by atoms with Crippen molar-refractivity contribution >= 4 is 0 Å². The van der Waals surface area contributed by atoms with Crippen molar-refractivity contribution < 1.29 is 4.74 Å². The third-order valence-corrected chi connectivity index (χ3v) is 4.13. The van der Waals surface area contributed by atoms with E-state index in [0.29, 0.717) is 12.1 Å². The number of rotatable bonds is 5. The van der Waals surface area contributed by atoms with E-state index in [-0.39, 0.29) is 0 Å². The summed E-state index contributed by atoms with van der Waals surface area (Å²) in [5.41, 5.74) is 4.07. The predicted octanol–water partition coefficient (Wildman–Crippen LogP) is 3.90. The monoisotopic (exact) mass is 281 g/mol. The van der Waals surface area contributed by atoms with Crippen LogP contribution in [0.25, 0.3) is 0 Å². The van der Waals surface area contributed by atoms with Gasteiger partial charge in [-0.3, -0.25) is 0 Å². The maximum Gasteiger partial charge on any atom is 0.122 e. The number of hydrogen-bond acceptors (Lipinski definition) is 2. The molecule has 0 saturated heterocycles. The third-order valence-electron chi connectivity index (χ3n) is 4.13. The van der Waals surface area contributed by atoms with Crippen LogP contribution >= 0.6 is 0 Å². The molecule has 3 rings (SSSR count). The van der Waals surface area contributed by atoms with Gasteiger partial charge in [0.05, 0.1) is 6.61 Å². The largest absolute Gasteiger partial charge is 0.493 e. The predicted molar refractivity (Wildman–Crippen MR) is 86.8 cm³/mol. The normalized spacial score (nSPS) is 16.1. The van der Waals surface area contributed by atoms with Gasteiger partial charge >= 0.3 is 0 Å². The first-order chi connectivity index (χ1) is 10.2. The molecule has 21 heavy (non-hydrogen) atoms. The molecular formula is C19H23NO. The number of nitrogens with one attached hydrogen (secondary N) is 1. The topological polar surface area (TPSA) is 21.3 Å². The Hall–Kier alpha value is -1.80. The molecule has 2 unspecified atom stereocenters. The Labute approximate surface area is 127 Å². The van der Waals surface area contributed by atoms with Crippen molar-refractivity contribution in [2.75, 3.05) is 6.61 Å². The summed E-state index contributed by atoms with van der Waals surface area (Å²) in [6.45, 7) is 5.31. The van der Waals surface area contributed by atoms with Crippen LogP contribution < -0.4 is 10.1 Å². The molecule has 110 valence electrons. The van der Waals surface area contributed by atoms with E-state index in [9.17, 15) is 0 Å². The van der Waals surface area contributed by atoms with Gasteiger partial charge in [-0.2, -0.15) is 0 Å². The van der Waals surface area contributed by atoms with Crippen molar-refractivity contribution in [1.29, 1.82) is 0 Å². The molecule has 0 radical (unpaired) electrons. The summed E-state index contributed by atoms with van der Waals surface area (Å²) in [5, 5.41) is 3.69. The molecule has 0 saturated carbocycles. The molecule has 0 aliphatic carbocycles. The van der Waals surface area contributed by atoms with Crippen molar-refractivity contribution in [2.24, 2.45) is 0 Å². The molecule has 2 aromatic rings. The zero-order valence-electron chi connectivity index (χ0n) is 12.8. The number of ether oxygens (including phenoxy) is 1. The van der Waals surface area contributed by atoms with E-state index in [1.807, 2.05) is 0 Å². The molecule has 2 aromatic carbocycles. The fraction of sp³-hybridized carbons (Fsp3) is 0.368. The Morgan fingerprint density at radius 3 is 2.71 bits per heavy atom. The van der Waals surface area contributed by atoms with Gasteiger partial charge in [-0.15, -0.1) is 0 Å². The summed E-state index contributed by atoms with van der Waals surface area (Å²) >= 11 is 0. The minimum atomic E-state index is 0.356.